The van der Waals surface area contributed by atoms with Gasteiger partial charge >= 0.3 is 0 Å². The second kappa shape index (κ2) is 7.20. The van der Waals surface area contributed by atoms with Crippen molar-refractivity contribution in [3.63, 3.8) is 0 Å². The van der Waals surface area contributed by atoms with Gasteiger partial charge in [-0.1, -0.05) is 12.1 Å². The van der Waals surface area contributed by atoms with Crippen LogP contribution in [0.25, 0.3) is 0 Å². The smallest absolute Gasteiger partial charge is 0.164 e. The lowest BCUT2D eigenvalue weighted by Gasteiger charge is -2.09. The van der Waals surface area contributed by atoms with Gasteiger partial charge in [-0.2, -0.15) is 10.4 Å². The Morgan fingerprint density at radius 2 is 2.23 bits per heavy atom. The van der Waals surface area contributed by atoms with E-state index in [1.54, 1.807) is 37.4 Å². The topological polar surface area (TPSA) is 90.5 Å². The molecule has 2 aromatic rings. The summed E-state index contributed by atoms with van der Waals surface area (Å²) in [5, 5.41) is 23.0. The van der Waals surface area contributed by atoms with Crippen molar-refractivity contribution < 1.29 is 9.84 Å². The third-order valence-corrected chi connectivity index (χ3v) is 2.95. The van der Waals surface area contributed by atoms with E-state index in [9.17, 15) is 10.4 Å². The highest BCUT2D eigenvalue weighted by Crippen LogP contribution is 2.19. The number of para-hydroxylation sites is 1. The molecular formula is C16H16N4O2. The lowest BCUT2D eigenvalue weighted by Crippen LogP contribution is -2.03. The van der Waals surface area contributed by atoms with Gasteiger partial charge in [0.15, 0.2) is 5.82 Å². The molecule has 0 fully saturated rings. The first-order valence-corrected chi connectivity index (χ1v) is 6.62. The van der Waals surface area contributed by atoms with Crippen LogP contribution in [0.15, 0.2) is 35.4 Å². The number of nitrogens with one attached hydrogen (secondary N) is 1. The van der Waals surface area contributed by atoms with E-state index in [4.69, 9.17) is 4.74 Å². The number of aryl methyl sites for hydroxylation is 1. The number of anilines is 1. The molecule has 1 aromatic carbocycles. The molecule has 0 aliphatic rings. The van der Waals surface area contributed by atoms with Crippen molar-refractivity contribution >= 4 is 12.0 Å². The SMILES string of the molecule is COCc1cc(C)nc(NN=Cc2ccccc2O)c1C#N. The number of benzene rings is 1. The van der Waals surface area contributed by atoms with Gasteiger partial charge in [0.2, 0.25) is 0 Å². The van der Waals surface area contributed by atoms with Gasteiger partial charge in [-0.05, 0) is 25.1 Å². The van der Waals surface area contributed by atoms with Gasteiger partial charge < -0.3 is 9.84 Å². The zero-order valence-corrected chi connectivity index (χ0v) is 12.4. The highest BCUT2D eigenvalue weighted by Gasteiger charge is 2.10. The van der Waals surface area contributed by atoms with Crippen molar-refractivity contribution in [3.8, 4) is 11.8 Å². The number of nitriles is 1. The molecule has 6 heteroatoms. The number of hydrazone groups is 1. The Kier molecular flexibility index (Phi) is 5.07. The first-order chi connectivity index (χ1) is 10.7. The minimum Gasteiger partial charge on any atom is -0.507 e. The first kappa shape index (κ1) is 15.5. The molecule has 0 aliphatic carbocycles. The largest absolute Gasteiger partial charge is 0.507 e. The fourth-order valence-electron chi connectivity index (χ4n) is 1.98. The maximum atomic E-state index is 9.66. The number of nitrogens with zero attached hydrogens (tertiary/aromatic N) is 3. The molecule has 0 saturated carbocycles. The number of methoxy groups -OCH3 is 1. The maximum absolute atomic E-state index is 9.66. The Bertz CT molecular complexity index is 735. The summed E-state index contributed by atoms with van der Waals surface area (Å²) in [4.78, 5) is 4.28. The van der Waals surface area contributed by atoms with Crippen LogP contribution in [0.4, 0.5) is 5.82 Å². The number of phenols is 1. The Morgan fingerprint density at radius 3 is 2.91 bits per heavy atom. The highest BCUT2D eigenvalue weighted by molar-refractivity contribution is 5.83. The molecule has 1 heterocycles. The van der Waals surface area contributed by atoms with Crippen molar-refractivity contribution in [2.24, 2.45) is 5.10 Å². The Labute approximate surface area is 128 Å². The van der Waals surface area contributed by atoms with Crippen LogP contribution in [0.1, 0.15) is 22.4 Å². The van der Waals surface area contributed by atoms with Crippen molar-refractivity contribution in [1.29, 1.82) is 5.26 Å². The zero-order valence-electron chi connectivity index (χ0n) is 12.4. The highest BCUT2D eigenvalue weighted by atomic mass is 16.5. The molecule has 0 spiro atoms. The fraction of sp³-hybridized carbons (Fsp3) is 0.188. The van der Waals surface area contributed by atoms with E-state index in [0.717, 1.165) is 11.3 Å². The van der Waals surface area contributed by atoms with Crippen molar-refractivity contribution in [1.82, 2.24) is 4.98 Å². The molecule has 0 unspecified atom stereocenters. The monoisotopic (exact) mass is 296 g/mol. The summed E-state index contributed by atoms with van der Waals surface area (Å²) in [6, 6.07) is 10.7. The van der Waals surface area contributed by atoms with Gasteiger partial charge in [0.1, 0.15) is 17.4 Å². The van der Waals surface area contributed by atoms with Crippen molar-refractivity contribution in [2.45, 2.75) is 13.5 Å². The first-order valence-electron chi connectivity index (χ1n) is 6.62. The molecule has 6 nitrogen and oxygen atoms in total. The number of rotatable bonds is 5. The second-order valence-electron chi connectivity index (χ2n) is 4.62. The van der Waals surface area contributed by atoms with E-state index < -0.39 is 0 Å². The van der Waals surface area contributed by atoms with E-state index in [1.807, 2.05) is 6.92 Å². The lowest BCUT2D eigenvalue weighted by molar-refractivity contribution is 0.184. The quantitative estimate of drug-likeness (QED) is 0.653. The minimum absolute atomic E-state index is 0.130. The number of hydrogen-bond acceptors (Lipinski definition) is 6. The predicted octanol–water partition coefficient (Wildman–Crippen LogP) is 2.56. The van der Waals surface area contributed by atoms with Gasteiger partial charge in [-0.3, -0.25) is 5.43 Å². The van der Waals surface area contributed by atoms with Crippen LogP contribution in [0, 0.1) is 18.3 Å². The van der Waals surface area contributed by atoms with Crippen LogP contribution < -0.4 is 5.43 Å². The Hall–Kier alpha value is -2.91. The van der Waals surface area contributed by atoms with E-state index in [-0.39, 0.29) is 5.75 Å². The van der Waals surface area contributed by atoms with E-state index >= 15 is 0 Å². The molecule has 1 aromatic heterocycles. The number of aromatic nitrogens is 1. The summed E-state index contributed by atoms with van der Waals surface area (Å²) in [6.45, 7) is 2.16. The van der Waals surface area contributed by atoms with Crippen LogP contribution in [0.3, 0.4) is 0 Å². The molecule has 112 valence electrons. The van der Waals surface area contributed by atoms with Crippen LogP contribution in [-0.4, -0.2) is 23.4 Å². The molecule has 0 aliphatic heterocycles. The maximum Gasteiger partial charge on any atom is 0.164 e. The number of aromatic hydroxyl groups is 1. The van der Waals surface area contributed by atoms with E-state index in [2.05, 4.69) is 21.6 Å². The van der Waals surface area contributed by atoms with E-state index in [1.165, 1.54) is 6.21 Å². The summed E-state index contributed by atoms with van der Waals surface area (Å²) in [7, 11) is 1.57. The summed E-state index contributed by atoms with van der Waals surface area (Å²) in [5.41, 5.74) is 5.21. The van der Waals surface area contributed by atoms with Crippen molar-refractivity contribution in [3.05, 3.63) is 52.7 Å². The van der Waals surface area contributed by atoms with Crippen LogP contribution >= 0.6 is 0 Å². The van der Waals surface area contributed by atoms with Crippen LogP contribution in [0.5, 0.6) is 5.75 Å². The molecule has 0 saturated heterocycles. The molecule has 0 bridgehead atoms. The summed E-state index contributed by atoms with van der Waals surface area (Å²) < 4.78 is 5.09. The number of hydrogen-bond donors (Lipinski definition) is 2. The summed E-state index contributed by atoms with van der Waals surface area (Å²) >= 11 is 0. The molecule has 2 rings (SSSR count). The fourth-order valence-corrected chi connectivity index (χ4v) is 1.98. The third kappa shape index (κ3) is 3.59. The second-order valence-corrected chi connectivity index (χ2v) is 4.62. The van der Waals surface area contributed by atoms with Crippen LogP contribution in [-0.2, 0) is 11.3 Å². The molecule has 0 atom stereocenters. The average Bonchev–Trinajstić information content (AvgIpc) is 2.49. The predicted molar refractivity (Wildman–Crippen MR) is 83.7 cm³/mol. The Balaban J connectivity index is 2.26. The summed E-state index contributed by atoms with van der Waals surface area (Å²) in [6.07, 6.45) is 1.47. The zero-order chi connectivity index (χ0) is 15.9. The molecule has 0 radical (unpaired) electrons. The summed E-state index contributed by atoms with van der Waals surface area (Å²) in [5.74, 6) is 0.493. The lowest BCUT2D eigenvalue weighted by atomic mass is 10.1. The van der Waals surface area contributed by atoms with Gasteiger partial charge in [0.25, 0.3) is 0 Å². The van der Waals surface area contributed by atoms with Gasteiger partial charge in [-0.15, -0.1) is 0 Å². The normalized spacial score (nSPS) is 10.6. The molecule has 22 heavy (non-hydrogen) atoms. The van der Waals surface area contributed by atoms with Gasteiger partial charge in [0.05, 0.1) is 12.8 Å². The van der Waals surface area contributed by atoms with Gasteiger partial charge in [-0.25, -0.2) is 4.98 Å². The van der Waals surface area contributed by atoms with Gasteiger partial charge in [0, 0.05) is 23.9 Å². The number of pyridine rings is 1. The molecule has 2 N–H and O–H groups in total. The standard InChI is InChI=1S/C16H16N4O2/c1-11-7-13(10-22-2)14(8-17)16(19-11)20-18-9-12-5-3-4-6-15(12)21/h3-7,9,21H,10H2,1-2H3,(H,19,20). The van der Waals surface area contributed by atoms with E-state index in [0.29, 0.717) is 23.6 Å². The minimum atomic E-state index is 0.130. The number of phenolic OH excluding ortho intramolecular Hbond substituents is 1. The molecular weight excluding hydrogens is 280 g/mol. The Morgan fingerprint density at radius 1 is 1.45 bits per heavy atom. The average molecular weight is 296 g/mol. The number of ether oxygens (including phenoxy) is 1. The third-order valence-electron chi connectivity index (χ3n) is 2.95. The van der Waals surface area contributed by atoms with Crippen LogP contribution in [0.2, 0.25) is 0 Å². The molecule has 0 amide bonds. The van der Waals surface area contributed by atoms with Crippen molar-refractivity contribution in [2.75, 3.05) is 12.5 Å².